The van der Waals surface area contributed by atoms with E-state index in [1.54, 1.807) is 0 Å². The number of rotatable bonds is 4. The molecule has 0 radical (unpaired) electrons. The van der Waals surface area contributed by atoms with Crippen molar-refractivity contribution in [1.29, 1.82) is 0 Å². The number of hydrogen-bond acceptors (Lipinski definition) is 6. The number of carbonyl (C=O) groups is 1. The van der Waals surface area contributed by atoms with Gasteiger partial charge in [0, 0.05) is 30.2 Å². The van der Waals surface area contributed by atoms with Gasteiger partial charge in [-0.2, -0.15) is 0 Å². The van der Waals surface area contributed by atoms with Crippen molar-refractivity contribution in [2.75, 3.05) is 18.5 Å². The van der Waals surface area contributed by atoms with E-state index in [-0.39, 0.29) is 11.9 Å². The number of nitrogens with one attached hydrogen (secondary N) is 2. The lowest BCUT2D eigenvalue weighted by atomic mass is 10.2. The highest BCUT2D eigenvalue weighted by Gasteiger charge is 2.18. The Hall–Kier alpha value is -2.83. The van der Waals surface area contributed by atoms with Gasteiger partial charge in [-0.05, 0) is 25.0 Å². The Labute approximate surface area is 145 Å². The molecule has 130 valence electrons. The zero-order chi connectivity index (χ0) is 17.1. The van der Waals surface area contributed by atoms with Gasteiger partial charge in [-0.1, -0.05) is 12.8 Å². The number of ether oxygens (including phenoxy) is 2. The molecule has 1 saturated carbocycles. The van der Waals surface area contributed by atoms with Crippen molar-refractivity contribution in [3.8, 4) is 11.5 Å². The van der Waals surface area contributed by atoms with E-state index in [1.807, 2.05) is 18.2 Å². The maximum Gasteiger partial charge on any atom is 0.254 e. The molecule has 0 unspecified atom stereocenters. The van der Waals surface area contributed by atoms with Gasteiger partial charge in [-0.3, -0.25) is 4.79 Å². The predicted octanol–water partition coefficient (Wildman–Crippen LogP) is 2.66. The number of aromatic nitrogens is 2. The van der Waals surface area contributed by atoms with Crippen LogP contribution in [0.4, 0.5) is 11.6 Å². The highest BCUT2D eigenvalue weighted by Crippen LogP contribution is 2.33. The van der Waals surface area contributed by atoms with Crippen molar-refractivity contribution in [3.63, 3.8) is 0 Å². The first-order chi connectivity index (χ1) is 12.3. The van der Waals surface area contributed by atoms with Gasteiger partial charge in [-0.15, -0.1) is 0 Å². The van der Waals surface area contributed by atoms with Crippen molar-refractivity contribution in [2.24, 2.45) is 0 Å². The molecule has 0 saturated heterocycles. The SMILES string of the molecule is O=C(NC1CCCC1)c1cnc(Nc2ccc3c(c2)OCCO3)nc1. The molecule has 2 N–H and O–H groups in total. The molecule has 2 aliphatic rings. The zero-order valence-corrected chi connectivity index (χ0v) is 13.8. The summed E-state index contributed by atoms with van der Waals surface area (Å²) in [6.45, 7) is 1.10. The second kappa shape index (κ2) is 6.96. The first-order valence-electron chi connectivity index (χ1n) is 8.57. The van der Waals surface area contributed by atoms with Gasteiger partial charge in [0.1, 0.15) is 13.2 Å². The molecule has 1 aromatic heterocycles. The molecule has 1 aliphatic heterocycles. The summed E-state index contributed by atoms with van der Waals surface area (Å²) in [4.78, 5) is 20.6. The maximum atomic E-state index is 12.2. The lowest BCUT2D eigenvalue weighted by molar-refractivity contribution is 0.0937. The summed E-state index contributed by atoms with van der Waals surface area (Å²) in [6, 6.07) is 5.85. The summed E-state index contributed by atoms with van der Waals surface area (Å²) in [5.74, 6) is 1.74. The van der Waals surface area contributed by atoms with Crippen LogP contribution in [0.1, 0.15) is 36.0 Å². The number of benzene rings is 1. The van der Waals surface area contributed by atoms with E-state index in [0.29, 0.717) is 30.5 Å². The molecule has 7 heteroatoms. The topological polar surface area (TPSA) is 85.4 Å². The minimum absolute atomic E-state index is 0.113. The maximum absolute atomic E-state index is 12.2. The van der Waals surface area contributed by atoms with Crippen molar-refractivity contribution in [2.45, 2.75) is 31.7 Å². The third-order valence-corrected chi connectivity index (χ3v) is 4.40. The molecule has 1 aliphatic carbocycles. The number of fused-ring (bicyclic) bond motifs is 1. The summed E-state index contributed by atoms with van der Waals surface area (Å²) in [5, 5.41) is 6.13. The Morgan fingerprint density at radius 1 is 1.04 bits per heavy atom. The second-order valence-electron chi connectivity index (χ2n) is 6.23. The zero-order valence-electron chi connectivity index (χ0n) is 13.8. The highest BCUT2D eigenvalue weighted by atomic mass is 16.6. The number of hydrogen-bond donors (Lipinski definition) is 2. The Morgan fingerprint density at radius 2 is 1.76 bits per heavy atom. The fraction of sp³-hybridized carbons (Fsp3) is 0.389. The molecule has 0 spiro atoms. The smallest absolute Gasteiger partial charge is 0.254 e. The number of carbonyl (C=O) groups excluding carboxylic acids is 1. The van der Waals surface area contributed by atoms with Crippen molar-refractivity contribution >= 4 is 17.5 Å². The van der Waals surface area contributed by atoms with Gasteiger partial charge in [0.25, 0.3) is 5.91 Å². The van der Waals surface area contributed by atoms with Crippen LogP contribution >= 0.6 is 0 Å². The number of amides is 1. The number of nitrogens with zero attached hydrogens (tertiary/aromatic N) is 2. The van der Waals surface area contributed by atoms with Crippen LogP contribution in [0.3, 0.4) is 0 Å². The van der Waals surface area contributed by atoms with E-state index in [2.05, 4.69) is 20.6 Å². The average molecular weight is 340 g/mol. The second-order valence-corrected chi connectivity index (χ2v) is 6.23. The predicted molar refractivity (Wildman–Crippen MR) is 92.5 cm³/mol. The molecular weight excluding hydrogens is 320 g/mol. The van der Waals surface area contributed by atoms with Crippen LogP contribution in [0.25, 0.3) is 0 Å². The van der Waals surface area contributed by atoms with E-state index in [9.17, 15) is 4.79 Å². The standard InChI is InChI=1S/C18H20N4O3/c23-17(21-13-3-1-2-4-13)12-10-19-18(20-11-12)22-14-5-6-15-16(9-14)25-8-7-24-15/h5-6,9-11,13H,1-4,7-8H2,(H,21,23)(H,19,20,22). The van der Waals surface area contributed by atoms with E-state index in [4.69, 9.17) is 9.47 Å². The lowest BCUT2D eigenvalue weighted by Crippen LogP contribution is -2.32. The van der Waals surface area contributed by atoms with Crippen molar-refractivity contribution in [3.05, 3.63) is 36.2 Å². The Kier molecular flexibility index (Phi) is 4.37. The average Bonchev–Trinajstić information content (AvgIpc) is 3.15. The lowest BCUT2D eigenvalue weighted by Gasteiger charge is -2.19. The van der Waals surface area contributed by atoms with Gasteiger partial charge >= 0.3 is 0 Å². The molecule has 1 amide bonds. The molecule has 2 aromatic rings. The van der Waals surface area contributed by atoms with Crippen LogP contribution in [-0.2, 0) is 0 Å². The molecule has 0 atom stereocenters. The van der Waals surface area contributed by atoms with Crippen LogP contribution in [-0.4, -0.2) is 35.1 Å². The summed E-state index contributed by atoms with van der Waals surface area (Å²) < 4.78 is 11.1. The molecule has 7 nitrogen and oxygen atoms in total. The molecule has 25 heavy (non-hydrogen) atoms. The van der Waals surface area contributed by atoms with Gasteiger partial charge in [0.2, 0.25) is 5.95 Å². The van der Waals surface area contributed by atoms with E-state index in [1.165, 1.54) is 25.2 Å². The summed E-state index contributed by atoms with van der Waals surface area (Å²) in [6.07, 6.45) is 7.54. The molecular formula is C18H20N4O3. The monoisotopic (exact) mass is 340 g/mol. The summed E-state index contributed by atoms with van der Waals surface area (Å²) >= 11 is 0. The van der Waals surface area contributed by atoms with Crippen LogP contribution in [0.2, 0.25) is 0 Å². The van der Waals surface area contributed by atoms with Crippen molar-refractivity contribution in [1.82, 2.24) is 15.3 Å². The Balaban J connectivity index is 1.41. The Morgan fingerprint density at radius 3 is 2.52 bits per heavy atom. The fourth-order valence-electron chi connectivity index (χ4n) is 3.10. The quantitative estimate of drug-likeness (QED) is 0.890. The van der Waals surface area contributed by atoms with Crippen LogP contribution in [0.15, 0.2) is 30.6 Å². The molecule has 4 rings (SSSR count). The fourth-order valence-corrected chi connectivity index (χ4v) is 3.10. The summed E-state index contributed by atoms with van der Waals surface area (Å²) in [5.41, 5.74) is 1.27. The van der Waals surface area contributed by atoms with Crippen LogP contribution in [0, 0.1) is 0 Å². The third-order valence-electron chi connectivity index (χ3n) is 4.40. The minimum Gasteiger partial charge on any atom is -0.486 e. The molecule has 1 aromatic carbocycles. The first-order valence-corrected chi connectivity index (χ1v) is 8.57. The van der Waals surface area contributed by atoms with E-state index >= 15 is 0 Å². The van der Waals surface area contributed by atoms with Gasteiger partial charge < -0.3 is 20.1 Å². The van der Waals surface area contributed by atoms with E-state index in [0.717, 1.165) is 24.3 Å². The molecule has 0 bridgehead atoms. The van der Waals surface area contributed by atoms with Gasteiger partial charge in [0.15, 0.2) is 11.5 Å². The van der Waals surface area contributed by atoms with Crippen molar-refractivity contribution < 1.29 is 14.3 Å². The molecule has 1 fully saturated rings. The number of anilines is 2. The van der Waals surface area contributed by atoms with Crippen LogP contribution < -0.4 is 20.1 Å². The summed E-state index contributed by atoms with van der Waals surface area (Å²) in [7, 11) is 0. The first kappa shape index (κ1) is 15.7. The highest BCUT2D eigenvalue weighted by molar-refractivity contribution is 5.93. The molecule has 2 heterocycles. The van der Waals surface area contributed by atoms with Gasteiger partial charge in [0.05, 0.1) is 5.56 Å². The normalized spacial score (nSPS) is 16.5. The van der Waals surface area contributed by atoms with E-state index < -0.39 is 0 Å². The Bertz CT molecular complexity index is 757. The third kappa shape index (κ3) is 3.65. The van der Waals surface area contributed by atoms with Crippen LogP contribution in [0.5, 0.6) is 11.5 Å². The minimum atomic E-state index is -0.113. The van der Waals surface area contributed by atoms with Gasteiger partial charge in [-0.25, -0.2) is 9.97 Å². The largest absolute Gasteiger partial charge is 0.486 e.